The van der Waals surface area contributed by atoms with Gasteiger partial charge in [-0.15, -0.1) is 0 Å². The van der Waals surface area contributed by atoms with Gasteiger partial charge in [-0.25, -0.2) is 0 Å². The van der Waals surface area contributed by atoms with Crippen molar-refractivity contribution in [3.63, 3.8) is 0 Å². The Morgan fingerprint density at radius 3 is 2.64 bits per heavy atom. The fourth-order valence-corrected chi connectivity index (χ4v) is 3.01. The van der Waals surface area contributed by atoms with Crippen molar-refractivity contribution in [3.05, 3.63) is 33.8 Å². The number of hydrogen-bond acceptors (Lipinski definition) is 3. The van der Waals surface area contributed by atoms with Crippen molar-refractivity contribution < 1.29 is 4.79 Å². The van der Waals surface area contributed by atoms with Crippen molar-refractivity contribution in [1.82, 2.24) is 10.2 Å². The lowest BCUT2D eigenvalue weighted by molar-refractivity contribution is -0.122. The van der Waals surface area contributed by atoms with Gasteiger partial charge in [0, 0.05) is 32.1 Å². The zero-order valence-corrected chi connectivity index (χ0v) is 14.2. The van der Waals surface area contributed by atoms with Crippen LogP contribution in [0.1, 0.15) is 31.2 Å². The van der Waals surface area contributed by atoms with Crippen LogP contribution in [-0.2, 0) is 11.3 Å². The normalized spacial score (nSPS) is 16.7. The van der Waals surface area contributed by atoms with Crippen molar-refractivity contribution in [1.29, 1.82) is 0 Å². The number of amides is 1. The number of piperidine rings is 1. The number of nitrogens with two attached hydrogens (primary N) is 1. The first-order valence-electron chi connectivity index (χ1n) is 7.74. The second kappa shape index (κ2) is 8.73. The minimum Gasteiger partial charge on any atom is -0.353 e. The maximum Gasteiger partial charge on any atom is 0.220 e. The number of hydrogen-bond donors (Lipinski definition) is 2. The molecule has 1 aromatic rings. The Labute approximate surface area is 141 Å². The van der Waals surface area contributed by atoms with Crippen LogP contribution in [0, 0.1) is 0 Å². The third-order valence-electron chi connectivity index (χ3n) is 3.95. The number of likely N-dealkylation sites (tertiary alicyclic amines) is 1. The number of nitrogens with one attached hydrogen (secondary N) is 1. The first-order valence-corrected chi connectivity index (χ1v) is 8.50. The zero-order valence-electron chi connectivity index (χ0n) is 12.7. The Bertz CT molecular complexity index is 502. The van der Waals surface area contributed by atoms with Gasteiger partial charge in [-0.3, -0.25) is 9.69 Å². The number of halogens is 2. The summed E-state index contributed by atoms with van der Waals surface area (Å²) in [6.07, 6.45) is 3.24. The van der Waals surface area contributed by atoms with E-state index in [2.05, 4.69) is 10.2 Å². The zero-order chi connectivity index (χ0) is 15.9. The van der Waals surface area contributed by atoms with Gasteiger partial charge in [-0.2, -0.15) is 0 Å². The number of carbonyl (C=O) groups excluding carboxylic acids is 1. The maximum atomic E-state index is 11.7. The third kappa shape index (κ3) is 5.43. The van der Waals surface area contributed by atoms with E-state index >= 15 is 0 Å². The monoisotopic (exact) mass is 343 g/mol. The average molecular weight is 344 g/mol. The van der Waals surface area contributed by atoms with Gasteiger partial charge < -0.3 is 11.1 Å². The van der Waals surface area contributed by atoms with Crippen LogP contribution in [0.3, 0.4) is 0 Å². The Kier molecular flexibility index (Phi) is 6.96. The van der Waals surface area contributed by atoms with Crippen molar-refractivity contribution in [2.24, 2.45) is 5.73 Å². The Hall–Kier alpha value is -0.810. The van der Waals surface area contributed by atoms with Gasteiger partial charge in [0.25, 0.3) is 0 Å². The summed E-state index contributed by atoms with van der Waals surface area (Å²) in [5.41, 5.74) is 6.58. The fraction of sp³-hybridized carbons (Fsp3) is 0.562. The first kappa shape index (κ1) is 17.5. The molecule has 0 radical (unpaired) electrons. The average Bonchev–Trinajstić information content (AvgIpc) is 2.51. The molecular weight excluding hydrogens is 321 g/mol. The van der Waals surface area contributed by atoms with E-state index in [0.29, 0.717) is 23.0 Å². The molecule has 122 valence electrons. The molecule has 1 saturated heterocycles. The van der Waals surface area contributed by atoms with Gasteiger partial charge in [0.05, 0.1) is 10.0 Å². The lowest BCUT2D eigenvalue weighted by atomic mass is 10.0. The lowest BCUT2D eigenvalue weighted by Crippen LogP contribution is -2.44. The van der Waals surface area contributed by atoms with E-state index in [0.717, 1.165) is 38.9 Å². The minimum absolute atomic E-state index is 0.119. The summed E-state index contributed by atoms with van der Waals surface area (Å²) in [5, 5.41) is 4.28. The molecule has 0 saturated carbocycles. The van der Waals surface area contributed by atoms with Crippen LogP contribution in [0.4, 0.5) is 0 Å². The second-order valence-electron chi connectivity index (χ2n) is 5.76. The van der Waals surface area contributed by atoms with Gasteiger partial charge in [0.15, 0.2) is 0 Å². The molecule has 4 nitrogen and oxygen atoms in total. The molecule has 0 aliphatic carbocycles. The first-order chi connectivity index (χ1) is 10.6. The number of nitrogens with zero attached hydrogens (tertiary/aromatic N) is 1. The summed E-state index contributed by atoms with van der Waals surface area (Å²) in [4.78, 5) is 14.1. The van der Waals surface area contributed by atoms with Gasteiger partial charge in [-0.05, 0) is 43.5 Å². The van der Waals surface area contributed by atoms with Crippen molar-refractivity contribution in [2.75, 3.05) is 19.6 Å². The highest BCUT2D eigenvalue weighted by Crippen LogP contribution is 2.24. The van der Waals surface area contributed by atoms with Gasteiger partial charge >= 0.3 is 0 Å². The van der Waals surface area contributed by atoms with Crippen LogP contribution in [0.5, 0.6) is 0 Å². The summed E-state index contributed by atoms with van der Waals surface area (Å²) in [6, 6.07) is 6.05. The Morgan fingerprint density at radius 1 is 1.27 bits per heavy atom. The Balaban J connectivity index is 1.75. The van der Waals surface area contributed by atoms with Crippen molar-refractivity contribution >= 4 is 29.1 Å². The standard InChI is InChI=1S/C16H23Cl2N3O/c17-14-4-3-12(10-15(14)18)11-21-8-5-13(6-9-21)20-16(22)2-1-7-19/h3-4,10,13H,1-2,5-9,11,19H2,(H,20,22). The maximum absolute atomic E-state index is 11.7. The SMILES string of the molecule is NCCCC(=O)NC1CCN(Cc2ccc(Cl)c(Cl)c2)CC1. The molecule has 0 aromatic heterocycles. The quantitative estimate of drug-likeness (QED) is 0.834. The van der Waals surface area contributed by atoms with Gasteiger partial charge in [0.2, 0.25) is 5.91 Å². The molecule has 1 aromatic carbocycles. The van der Waals surface area contributed by atoms with Crippen LogP contribution in [0.25, 0.3) is 0 Å². The largest absolute Gasteiger partial charge is 0.353 e. The van der Waals surface area contributed by atoms with Crippen LogP contribution in [0.15, 0.2) is 18.2 Å². The third-order valence-corrected chi connectivity index (χ3v) is 4.69. The minimum atomic E-state index is 0.119. The fourth-order valence-electron chi connectivity index (χ4n) is 2.69. The van der Waals surface area contributed by atoms with E-state index in [9.17, 15) is 4.79 Å². The highest BCUT2D eigenvalue weighted by molar-refractivity contribution is 6.42. The molecule has 0 atom stereocenters. The van der Waals surface area contributed by atoms with Gasteiger partial charge in [-0.1, -0.05) is 29.3 Å². The molecule has 1 aliphatic rings. The molecule has 2 rings (SSSR count). The molecule has 0 unspecified atom stereocenters. The summed E-state index contributed by atoms with van der Waals surface area (Å²) >= 11 is 12.0. The molecule has 1 aliphatic heterocycles. The summed E-state index contributed by atoms with van der Waals surface area (Å²) < 4.78 is 0. The Morgan fingerprint density at radius 2 is 2.00 bits per heavy atom. The highest BCUT2D eigenvalue weighted by atomic mass is 35.5. The van der Waals surface area contributed by atoms with E-state index < -0.39 is 0 Å². The molecule has 22 heavy (non-hydrogen) atoms. The van der Waals surface area contributed by atoms with E-state index in [4.69, 9.17) is 28.9 Å². The molecule has 1 amide bonds. The molecule has 0 bridgehead atoms. The van der Waals surface area contributed by atoms with Crippen LogP contribution in [0.2, 0.25) is 10.0 Å². The van der Waals surface area contributed by atoms with E-state index in [1.807, 2.05) is 18.2 Å². The van der Waals surface area contributed by atoms with E-state index in [-0.39, 0.29) is 11.9 Å². The van der Waals surface area contributed by atoms with Crippen LogP contribution >= 0.6 is 23.2 Å². The number of rotatable bonds is 6. The van der Waals surface area contributed by atoms with Crippen molar-refractivity contribution in [2.45, 2.75) is 38.3 Å². The van der Waals surface area contributed by atoms with E-state index in [1.54, 1.807) is 0 Å². The molecule has 1 heterocycles. The van der Waals surface area contributed by atoms with Crippen molar-refractivity contribution in [3.8, 4) is 0 Å². The highest BCUT2D eigenvalue weighted by Gasteiger charge is 2.20. The second-order valence-corrected chi connectivity index (χ2v) is 6.57. The van der Waals surface area contributed by atoms with E-state index in [1.165, 1.54) is 5.56 Å². The molecule has 0 spiro atoms. The smallest absolute Gasteiger partial charge is 0.220 e. The van der Waals surface area contributed by atoms with Gasteiger partial charge in [0.1, 0.15) is 0 Å². The number of carbonyl (C=O) groups is 1. The molecular formula is C16H23Cl2N3O. The summed E-state index contributed by atoms with van der Waals surface area (Å²) in [5.74, 6) is 0.119. The van der Waals surface area contributed by atoms with Crippen LogP contribution in [-0.4, -0.2) is 36.5 Å². The topological polar surface area (TPSA) is 58.4 Å². The number of benzene rings is 1. The molecule has 3 N–H and O–H groups in total. The molecule has 6 heteroatoms. The summed E-state index contributed by atoms with van der Waals surface area (Å²) in [6.45, 7) is 3.38. The predicted octanol–water partition coefficient (Wildman–Crippen LogP) is 2.81. The molecule has 1 fully saturated rings. The lowest BCUT2D eigenvalue weighted by Gasteiger charge is -2.32. The predicted molar refractivity (Wildman–Crippen MR) is 91.2 cm³/mol. The summed E-state index contributed by atoms with van der Waals surface area (Å²) in [7, 11) is 0. The van der Waals surface area contributed by atoms with Crippen LogP contribution < -0.4 is 11.1 Å².